The topological polar surface area (TPSA) is 58.2 Å². The Bertz CT molecular complexity index is 890. The maximum absolute atomic E-state index is 12.1. The summed E-state index contributed by atoms with van der Waals surface area (Å²) in [5.41, 5.74) is 3.52. The number of amides is 2. The molecule has 26 heavy (non-hydrogen) atoms. The Morgan fingerprint density at radius 3 is 2.46 bits per heavy atom. The van der Waals surface area contributed by atoms with Gasteiger partial charge in [-0.2, -0.15) is 0 Å². The monoisotopic (exact) mass is 364 g/mol. The summed E-state index contributed by atoms with van der Waals surface area (Å²) in [6.45, 7) is 1.91. The molecular weight excluding hydrogens is 344 g/mol. The number of nitrogens with one attached hydrogen (secondary N) is 2. The predicted molar refractivity (Wildman–Crippen MR) is 107 cm³/mol. The number of hydrogen-bond donors (Lipinski definition) is 2. The molecule has 1 heterocycles. The van der Waals surface area contributed by atoms with Crippen LogP contribution in [0.4, 0.5) is 11.4 Å². The molecular formula is C21H20N2O2S. The van der Waals surface area contributed by atoms with Crippen molar-refractivity contribution in [1.82, 2.24) is 0 Å². The summed E-state index contributed by atoms with van der Waals surface area (Å²) in [4.78, 5) is 24.9. The van der Waals surface area contributed by atoms with Gasteiger partial charge in [-0.05, 0) is 54.1 Å². The first-order valence-corrected chi connectivity index (χ1v) is 9.29. The van der Waals surface area contributed by atoms with Crippen LogP contribution in [0.15, 0.2) is 66.0 Å². The highest BCUT2D eigenvalue weighted by molar-refractivity contribution is 7.12. The largest absolute Gasteiger partial charge is 0.326 e. The second-order valence-corrected chi connectivity index (χ2v) is 6.94. The smallest absolute Gasteiger partial charge is 0.265 e. The minimum atomic E-state index is -0.122. The third-order valence-corrected chi connectivity index (χ3v) is 4.86. The van der Waals surface area contributed by atoms with Crippen LogP contribution in [-0.4, -0.2) is 11.8 Å². The lowest BCUT2D eigenvalue weighted by Crippen LogP contribution is -2.14. The van der Waals surface area contributed by atoms with Gasteiger partial charge in [0, 0.05) is 17.8 Å². The highest BCUT2D eigenvalue weighted by atomic mass is 32.1. The Morgan fingerprint density at radius 2 is 1.77 bits per heavy atom. The lowest BCUT2D eigenvalue weighted by atomic mass is 10.1. The molecule has 132 valence electrons. The first-order chi connectivity index (χ1) is 12.6. The van der Waals surface area contributed by atoms with Gasteiger partial charge in [0.2, 0.25) is 5.91 Å². The van der Waals surface area contributed by atoms with Crippen molar-refractivity contribution in [2.24, 2.45) is 0 Å². The van der Waals surface area contributed by atoms with Gasteiger partial charge < -0.3 is 10.6 Å². The molecule has 0 aliphatic rings. The molecule has 2 N–H and O–H groups in total. The summed E-state index contributed by atoms with van der Waals surface area (Å²) in [7, 11) is 0. The van der Waals surface area contributed by atoms with E-state index in [4.69, 9.17) is 0 Å². The third-order valence-electron chi connectivity index (χ3n) is 3.99. The normalized spacial score (nSPS) is 10.3. The molecule has 0 aliphatic carbocycles. The van der Waals surface area contributed by atoms with Crippen LogP contribution < -0.4 is 10.6 Å². The van der Waals surface area contributed by atoms with Crippen LogP contribution >= 0.6 is 11.3 Å². The Morgan fingerprint density at radius 1 is 0.962 bits per heavy atom. The Kier molecular flexibility index (Phi) is 5.81. The van der Waals surface area contributed by atoms with Crippen LogP contribution in [-0.2, 0) is 11.2 Å². The minimum Gasteiger partial charge on any atom is -0.326 e. The zero-order valence-electron chi connectivity index (χ0n) is 14.5. The van der Waals surface area contributed by atoms with Crippen molar-refractivity contribution in [3.05, 3.63) is 82.0 Å². The highest BCUT2D eigenvalue weighted by Gasteiger charge is 2.10. The van der Waals surface area contributed by atoms with Crippen LogP contribution in [0, 0.1) is 6.92 Å². The summed E-state index contributed by atoms with van der Waals surface area (Å²) in [6, 6.07) is 19.1. The standard InChI is InChI=1S/C21H20N2O2S/c1-15-14-17(22-20(24)12-9-16-6-3-2-4-7-16)10-11-18(15)23-21(25)19-8-5-13-26-19/h2-8,10-11,13-14H,9,12H2,1H3,(H,22,24)(H,23,25). The molecule has 0 fully saturated rings. The van der Waals surface area contributed by atoms with Crippen molar-refractivity contribution in [3.63, 3.8) is 0 Å². The van der Waals surface area contributed by atoms with Crippen LogP contribution in [0.3, 0.4) is 0 Å². The molecule has 0 spiro atoms. The number of aryl methyl sites for hydroxylation is 2. The average Bonchev–Trinajstić information content (AvgIpc) is 3.18. The Hall–Kier alpha value is -2.92. The zero-order valence-corrected chi connectivity index (χ0v) is 15.3. The molecule has 5 heteroatoms. The fraction of sp³-hybridized carbons (Fsp3) is 0.143. The number of rotatable bonds is 6. The average molecular weight is 364 g/mol. The van der Waals surface area contributed by atoms with E-state index in [1.165, 1.54) is 11.3 Å². The molecule has 0 aliphatic heterocycles. The molecule has 1 aromatic heterocycles. The van der Waals surface area contributed by atoms with E-state index in [0.717, 1.165) is 22.5 Å². The van der Waals surface area contributed by atoms with Gasteiger partial charge in [0.1, 0.15) is 0 Å². The van der Waals surface area contributed by atoms with Crippen LogP contribution in [0.2, 0.25) is 0 Å². The van der Waals surface area contributed by atoms with E-state index in [0.29, 0.717) is 17.7 Å². The summed E-state index contributed by atoms with van der Waals surface area (Å²) in [5.74, 6) is -0.147. The fourth-order valence-corrected chi connectivity index (χ4v) is 3.22. The quantitative estimate of drug-likeness (QED) is 0.655. The van der Waals surface area contributed by atoms with Crippen molar-refractivity contribution in [1.29, 1.82) is 0 Å². The first-order valence-electron chi connectivity index (χ1n) is 8.41. The molecule has 0 radical (unpaired) electrons. The summed E-state index contributed by atoms with van der Waals surface area (Å²) >= 11 is 1.40. The van der Waals surface area contributed by atoms with E-state index >= 15 is 0 Å². The van der Waals surface area contributed by atoms with Crippen molar-refractivity contribution in [3.8, 4) is 0 Å². The Balaban J connectivity index is 1.57. The minimum absolute atomic E-state index is 0.0244. The number of anilines is 2. The number of hydrogen-bond acceptors (Lipinski definition) is 3. The van der Waals surface area contributed by atoms with Crippen LogP contribution in [0.25, 0.3) is 0 Å². The number of benzene rings is 2. The van der Waals surface area contributed by atoms with Gasteiger partial charge in [-0.25, -0.2) is 0 Å². The van der Waals surface area contributed by atoms with Crippen molar-refractivity contribution >= 4 is 34.5 Å². The number of carbonyl (C=O) groups excluding carboxylic acids is 2. The molecule has 3 rings (SSSR count). The SMILES string of the molecule is Cc1cc(NC(=O)CCc2ccccc2)ccc1NC(=O)c1cccs1. The van der Waals surface area contributed by atoms with Gasteiger partial charge in [-0.3, -0.25) is 9.59 Å². The predicted octanol–water partition coefficient (Wildman–Crippen LogP) is 4.88. The maximum Gasteiger partial charge on any atom is 0.265 e. The van der Waals surface area contributed by atoms with Crippen molar-refractivity contribution < 1.29 is 9.59 Å². The van der Waals surface area contributed by atoms with E-state index in [1.54, 1.807) is 12.1 Å². The Labute approximate surface area is 156 Å². The van der Waals surface area contributed by atoms with Gasteiger partial charge in [0.05, 0.1) is 4.88 Å². The van der Waals surface area contributed by atoms with Crippen molar-refractivity contribution in [2.75, 3.05) is 10.6 Å². The lowest BCUT2D eigenvalue weighted by Gasteiger charge is -2.11. The second-order valence-electron chi connectivity index (χ2n) is 5.99. The maximum atomic E-state index is 12.1. The number of carbonyl (C=O) groups is 2. The van der Waals surface area contributed by atoms with Gasteiger partial charge in [-0.15, -0.1) is 11.3 Å². The number of thiophene rings is 1. The van der Waals surface area contributed by atoms with Crippen LogP contribution in [0.1, 0.15) is 27.2 Å². The van der Waals surface area contributed by atoms with Gasteiger partial charge in [0.25, 0.3) is 5.91 Å². The molecule has 0 atom stereocenters. The van der Waals surface area contributed by atoms with E-state index in [9.17, 15) is 9.59 Å². The van der Waals surface area contributed by atoms with Gasteiger partial charge >= 0.3 is 0 Å². The molecule has 2 amide bonds. The van der Waals surface area contributed by atoms with Crippen LogP contribution in [0.5, 0.6) is 0 Å². The van der Waals surface area contributed by atoms with Crippen molar-refractivity contribution in [2.45, 2.75) is 19.8 Å². The highest BCUT2D eigenvalue weighted by Crippen LogP contribution is 2.21. The fourth-order valence-electron chi connectivity index (χ4n) is 2.60. The molecule has 0 saturated carbocycles. The van der Waals surface area contributed by atoms with E-state index in [-0.39, 0.29) is 11.8 Å². The van der Waals surface area contributed by atoms with E-state index < -0.39 is 0 Å². The zero-order chi connectivity index (χ0) is 18.4. The summed E-state index contributed by atoms with van der Waals surface area (Å²) < 4.78 is 0. The molecule has 0 bridgehead atoms. The third kappa shape index (κ3) is 4.80. The molecule has 3 aromatic rings. The van der Waals surface area contributed by atoms with Gasteiger partial charge in [-0.1, -0.05) is 36.4 Å². The molecule has 2 aromatic carbocycles. The van der Waals surface area contributed by atoms with Gasteiger partial charge in [0.15, 0.2) is 0 Å². The van der Waals surface area contributed by atoms with E-state index in [1.807, 2.05) is 60.8 Å². The molecule has 0 saturated heterocycles. The molecule has 0 unspecified atom stereocenters. The summed E-state index contributed by atoms with van der Waals surface area (Å²) in [6.07, 6.45) is 1.14. The second kappa shape index (κ2) is 8.45. The van der Waals surface area contributed by atoms with E-state index in [2.05, 4.69) is 10.6 Å². The lowest BCUT2D eigenvalue weighted by molar-refractivity contribution is -0.116. The summed E-state index contributed by atoms with van der Waals surface area (Å²) in [5, 5.41) is 7.68. The first kappa shape index (κ1) is 17.9. The molecule has 4 nitrogen and oxygen atoms in total.